The Morgan fingerprint density at radius 3 is 2.53 bits per heavy atom. The second-order valence-electron chi connectivity index (χ2n) is 7.97. The van der Waals surface area contributed by atoms with Crippen molar-refractivity contribution in [3.8, 4) is 22.4 Å². The van der Waals surface area contributed by atoms with Gasteiger partial charge in [0.15, 0.2) is 0 Å². The highest BCUT2D eigenvalue weighted by atomic mass is 32.2. The molecule has 3 N–H and O–H groups in total. The molecule has 1 aliphatic carbocycles. The summed E-state index contributed by atoms with van der Waals surface area (Å²) in [6.45, 7) is 0.119. The van der Waals surface area contributed by atoms with Crippen molar-refractivity contribution in [3.05, 3.63) is 54.6 Å². The van der Waals surface area contributed by atoms with E-state index in [1.54, 1.807) is 12.4 Å². The maximum absolute atomic E-state index is 13.1. The van der Waals surface area contributed by atoms with Crippen LogP contribution in [0.2, 0.25) is 0 Å². The van der Waals surface area contributed by atoms with Crippen molar-refractivity contribution < 1.29 is 9.32 Å². The van der Waals surface area contributed by atoms with Crippen molar-refractivity contribution in [1.82, 2.24) is 15.0 Å². The van der Waals surface area contributed by atoms with E-state index < -0.39 is 10.8 Å². The van der Waals surface area contributed by atoms with Crippen LogP contribution >= 0.6 is 11.3 Å². The smallest absolute Gasteiger partial charge is 0.128 e. The van der Waals surface area contributed by atoms with E-state index in [0.29, 0.717) is 24.4 Å². The van der Waals surface area contributed by atoms with Crippen molar-refractivity contribution >= 4 is 38.0 Å². The van der Waals surface area contributed by atoms with Gasteiger partial charge in [0, 0.05) is 41.6 Å². The Kier molecular flexibility index (Phi) is 5.99. The number of nitrogen functional groups attached to an aromatic ring is 1. The Hall–Kier alpha value is -2.68. The van der Waals surface area contributed by atoms with Crippen molar-refractivity contribution in [3.63, 3.8) is 0 Å². The molecule has 5 rings (SSSR count). The van der Waals surface area contributed by atoms with E-state index in [1.165, 1.54) is 11.3 Å². The number of rotatable bonds is 7. The Morgan fingerprint density at radius 1 is 1.12 bits per heavy atom. The molecule has 0 saturated heterocycles. The van der Waals surface area contributed by atoms with Gasteiger partial charge in [-0.05, 0) is 36.5 Å². The normalized spacial score (nSPS) is 15.0. The summed E-state index contributed by atoms with van der Waals surface area (Å²) in [6, 6.07) is 12.1. The number of pyridine rings is 1. The molecule has 0 spiro atoms. The number of aliphatic hydroxyl groups excluding tert-OH is 1. The topological polar surface area (TPSA) is 102 Å². The van der Waals surface area contributed by atoms with Gasteiger partial charge in [-0.3, -0.25) is 4.21 Å². The largest absolute Gasteiger partial charge is 0.396 e. The van der Waals surface area contributed by atoms with Crippen LogP contribution in [0.5, 0.6) is 0 Å². The highest BCUT2D eigenvalue weighted by molar-refractivity contribution is 7.88. The van der Waals surface area contributed by atoms with Crippen LogP contribution in [-0.2, 0) is 17.2 Å². The molecular weight excluding hydrogens is 440 g/mol. The van der Waals surface area contributed by atoms with Gasteiger partial charge >= 0.3 is 0 Å². The predicted octanol–water partition coefficient (Wildman–Crippen LogP) is 4.59. The standard InChI is InChI=1S/C24H24N4O2S2/c25-22-21-18(15-6-2-1-3-7-15)12-19(16-13-26-20(27-14-16)10-5-11-29)28-23(21)31-24(22)32(30)17-8-4-9-17/h1-3,6-7,12-14,17,29H,4-5,8-11,25H2/t32-/m0/s1. The van der Waals surface area contributed by atoms with Crippen LogP contribution in [-0.4, -0.2) is 36.1 Å². The average Bonchev–Trinajstić information content (AvgIpc) is 3.13. The number of aryl methyl sites for hydroxylation is 1. The van der Waals surface area contributed by atoms with E-state index in [1.807, 2.05) is 36.4 Å². The quantitative estimate of drug-likeness (QED) is 0.415. The summed E-state index contributed by atoms with van der Waals surface area (Å²) in [5, 5.41) is 10.1. The zero-order valence-corrected chi connectivity index (χ0v) is 19.2. The summed E-state index contributed by atoms with van der Waals surface area (Å²) < 4.78 is 13.9. The monoisotopic (exact) mass is 464 g/mol. The first-order valence-electron chi connectivity index (χ1n) is 10.8. The number of hydrogen-bond donors (Lipinski definition) is 2. The van der Waals surface area contributed by atoms with E-state index in [9.17, 15) is 4.21 Å². The van der Waals surface area contributed by atoms with E-state index in [4.69, 9.17) is 15.8 Å². The number of thiophene rings is 1. The van der Waals surface area contributed by atoms with Gasteiger partial charge in [0.1, 0.15) is 14.9 Å². The Labute approximate surface area is 193 Å². The molecule has 0 aliphatic heterocycles. The molecule has 0 amide bonds. The van der Waals surface area contributed by atoms with Crippen molar-refractivity contribution in [2.75, 3.05) is 12.3 Å². The number of benzene rings is 1. The SMILES string of the molecule is Nc1c([S@@](=O)C2CCC2)sc2nc(-c3cnc(CCCO)nc3)cc(-c3ccccc3)c12. The molecule has 1 fully saturated rings. The maximum Gasteiger partial charge on any atom is 0.128 e. The molecule has 3 heterocycles. The number of aliphatic hydroxyl groups is 1. The lowest BCUT2D eigenvalue weighted by molar-refractivity contribution is 0.287. The average molecular weight is 465 g/mol. The van der Waals surface area contributed by atoms with Crippen molar-refractivity contribution in [2.24, 2.45) is 0 Å². The molecule has 32 heavy (non-hydrogen) atoms. The Balaban J connectivity index is 1.64. The molecule has 1 aliphatic rings. The maximum atomic E-state index is 13.1. The second kappa shape index (κ2) is 9.05. The Bertz CT molecular complexity index is 1270. The van der Waals surface area contributed by atoms with Gasteiger partial charge < -0.3 is 10.8 Å². The summed E-state index contributed by atoms with van der Waals surface area (Å²) in [5.74, 6) is 0.700. The lowest BCUT2D eigenvalue weighted by Crippen LogP contribution is -2.23. The second-order valence-corrected chi connectivity index (χ2v) is 10.9. The lowest BCUT2D eigenvalue weighted by Gasteiger charge is -2.23. The number of nitrogens with two attached hydrogens (primary N) is 1. The number of nitrogens with zero attached hydrogens (tertiary/aromatic N) is 3. The molecule has 3 aromatic heterocycles. The highest BCUT2D eigenvalue weighted by Crippen LogP contribution is 2.44. The van der Waals surface area contributed by atoms with Gasteiger partial charge in [-0.15, -0.1) is 11.3 Å². The summed E-state index contributed by atoms with van der Waals surface area (Å²) >= 11 is 1.44. The molecule has 8 heteroatoms. The molecule has 164 valence electrons. The number of hydrogen-bond acceptors (Lipinski definition) is 7. The van der Waals surface area contributed by atoms with E-state index >= 15 is 0 Å². The highest BCUT2D eigenvalue weighted by Gasteiger charge is 2.29. The molecule has 0 unspecified atom stereocenters. The zero-order chi connectivity index (χ0) is 22.1. The van der Waals surface area contributed by atoms with Crippen LogP contribution in [0.3, 0.4) is 0 Å². The fraction of sp³-hybridized carbons (Fsp3) is 0.292. The van der Waals surface area contributed by atoms with Gasteiger partial charge in [-0.2, -0.15) is 0 Å². The van der Waals surface area contributed by atoms with Gasteiger partial charge in [-0.25, -0.2) is 15.0 Å². The van der Waals surface area contributed by atoms with Crippen molar-refractivity contribution in [2.45, 2.75) is 41.6 Å². The summed E-state index contributed by atoms with van der Waals surface area (Å²) in [5.41, 5.74) is 10.7. The number of anilines is 1. The minimum Gasteiger partial charge on any atom is -0.396 e. The zero-order valence-electron chi connectivity index (χ0n) is 17.5. The van der Waals surface area contributed by atoms with Gasteiger partial charge in [0.2, 0.25) is 0 Å². The van der Waals surface area contributed by atoms with Crippen LogP contribution in [0, 0.1) is 0 Å². The first-order chi connectivity index (χ1) is 15.7. The third kappa shape index (κ3) is 3.94. The molecule has 6 nitrogen and oxygen atoms in total. The lowest BCUT2D eigenvalue weighted by atomic mass is 10.00. The van der Waals surface area contributed by atoms with Crippen LogP contribution in [0.4, 0.5) is 5.69 Å². The van der Waals surface area contributed by atoms with E-state index in [-0.39, 0.29) is 11.9 Å². The van der Waals surface area contributed by atoms with Crippen LogP contribution in [0.25, 0.3) is 32.6 Å². The molecule has 0 radical (unpaired) electrons. The minimum absolute atomic E-state index is 0.119. The third-order valence-corrected chi connectivity index (χ3v) is 9.15. The first-order valence-corrected chi connectivity index (χ1v) is 12.8. The molecule has 1 aromatic carbocycles. The fourth-order valence-corrected chi connectivity index (χ4v) is 7.04. The summed E-state index contributed by atoms with van der Waals surface area (Å²) in [7, 11) is -1.10. The summed E-state index contributed by atoms with van der Waals surface area (Å²) in [6.07, 6.45) is 7.93. The van der Waals surface area contributed by atoms with E-state index in [0.717, 1.165) is 56.1 Å². The first kappa shape index (κ1) is 21.2. The van der Waals surface area contributed by atoms with E-state index in [2.05, 4.69) is 9.97 Å². The van der Waals surface area contributed by atoms with Crippen molar-refractivity contribution in [1.29, 1.82) is 0 Å². The molecular formula is C24H24N4O2S2. The number of fused-ring (bicyclic) bond motifs is 1. The molecule has 1 atom stereocenters. The van der Waals surface area contributed by atoms with Crippen LogP contribution in [0.1, 0.15) is 31.5 Å². The predicted molar refractivity (Wildman–Crippen MR) is 130 cm³/mol. The number of aromatic nitrogens is 3. The van der Waals surface area contributed by atoms with Gasteiger partial charge in [0.05, 0.1) is 22.2 Å². The molecule has 1 saturated carbocycles. The van der Waals surface area contributed by atoms with Gasteiger partial charge in [-0.1, -0.05) is 36.8 Å². The van der Waals surface area contributed by atoms with Gasteiger partial charge in [0.25, 0.3) is 0 Å². The summed E-state index contributed by atoms with van der Waals surface area (Å²) in [4.78, 5) is 14.5. The van der Waals surface area contributed by atoms with Crippen LogP contribution < -0.4 is 5.73 Å². The Morgan fingerprint density at radius 2 is 1.88 bits per heavy atom. The molecule has 4 aromatic rings. The molecule has 0 bridgehead atoms. The fourth-order valence-electron chi connectivity index (χ4n) is 3.83. The minimum atomic E-state index is -1.10. The third-order valence-electron chi connectivity index (χ3n) is 5.85. The van der Waals surface area contributed by atoms with Crippen LogP contribution in [0.15, 0.2) is 53.0 Å².